The molecule has 4 aromatic rings. The van der Waals surface area contributed by atoms with Crippen LogP contribution in [0.5, 0.6) is 0 Å². The zero-order chi connectivity index (χ0) is 32.3. The highest BCUT2D eigenvalue weighted by Crippen LogP contribution is 2.31. The molecule has 0 amide bonds. The molecule has 10 nitrogen and oxygen atoms in total. The Morgan fingerprint density at radius 2 is 1.66 bits per heavy atom. The molecule has 3 aromatic heterocycles. The zero-order valence-corrected chi connectivity index (χ0v) is 27.1. The number of hydrogen-bond donors (Lipinski definition) is 2. The Hall–Kier alpha value is -3.55. The van der Waals surface area contributed by atoms with Crippen LogP contribution in [0.4, 0.5) is 20.5 Å². The van der Waals surface area contributed by atoms with E-state index in [1.807, 2.05) is 38.3 Å². The average Bonchev–Trinajstić information content (AvgIpc) is 3.27. The molecule has 0 bridgehead atoms. The number of likely N-dealkylation sites (tertiary alicyclic amines) is 1. The Kier molecular flexibility index (Phi) is 10.3. The minimum atomic E-state index is -3.67. The summed E-state index contributed by atoms with van der Waals surface area (Å²) in [4.78, 5) is 20.1. The van der Waals surface area contributed by atoms with Gasteiger partial charge in [-0.25, -0.2) is 28.7 Å². The summed E-state index contributed by atoms with van der Waals surface area (Å²) in [5.74, 6) is 0.998. The lowest BCUT2D eigenvalue weighted by atomic mass is 9.89. The van der Waals surface area contributed by atoms with Gasteiger partial charge in [0.1, 0.15) is 22.9 Å². The van der Waals surface area contributed by atoms with Gasteiger partial charge in [0.15, 0.2) is 11.6 Å². The number of nitrogens with zero attached hydrogens (tertiary/aromatic N) is 6. The molecule has 0 unspecified atom stereocenters. The standard InChI is InChI=1S/C30H37F2N7.CH4O3S/c1-17(2)38-11-9-21(10-12-38)13-22-7-8-27(34-19(22)5)36-30-33-16-25(32)28(37-30)23-14-24(31)29-26(15-23)39(18(3)4)20(6)35-29;1-5(2,3)4/h7-8,14-18,21H,9-13H2,1-6H3,(H,33,34,36,37);1H3,(H,2,3,4). The van der Waals surface area contributed by atoms with E-state index in [2.05, 4.69) is 45.1 Å². The average molecular weight is 630 g/mol. The summed E-state index contributed by atoms with van der Waals surface area (Å²) in [5.41, 5.74) is 3.41. The van der Waals surface area contributed by atoms with E-state index in [4.69, 9.17) is 9.54 Å². The van der Waals surface area contributed by atoms with Gasteiger partial charge in [0, 0.05) is 23.3 Å². The van der Waals surface area contributed by atoms with Crippen molar-refractivity contribution in [1.29, 1.82) is 0 Å². The lowest BCUT2D eigenvalue weighted by Crippen LogP contribution is -2.38. The molecule has 1 saturated heterocycles. The van der Waals surface area contributed by atoms with E-state index in [9.17, 15) is 12.8 Å². The Labute approximate surface area is 257 Å². The van der Waals surface area contributed by atoms with Crippen LogP contribution in [0.15, 0.2) is 30.5 Å². The van der Waals surface area contributed by atoms with Crippen LogP contribution in [0.2, 0.25) is 0 Å². The number of anilines is 2. The minimum absolute atomic E-state index is 0.0172. The van der Waals surface area contributed by atoms with E-state index in [0.29, 0.717) is 40.9 Å². The number of aromatic nitrogens is 5. The van der Waals surface area contributed by atoms with Crippen molar-refractivity contribution in [2.45, 2.75) is 72.9 Å². The molecule has 1 aromatic carbocycles. The van der Waals surface area contributed by atoms with E-state index < -0.39 is 21.8 Å². The van der Waals surface area contributed by atoms with Gasteiger partial charge in [-0.3, -0.25) is 4.55 Å². The molecule has 1 aliphatic rings. The minimum Gasteiger partial charge on any atom is -0.326 e. The number of halogens is 2. The number of piperidine rings is 1. The topological polar surface area (TPSA) is 126 Å². The van der Waals surface area contributed by atoms with Gasteiger partial charge >= 0.3 is 0 Å². The number of fused-ring (bicyclic) bond motifs is 1. The first-order chi connectivity index (χ1) is 20.6. The van der Waals surface area contributed by atoms with E-state index in [0.717, 1.165) is 31.4 Å². The largest absolute Gasteiger partial charge is 0.326 e. The molecule has 0 spiro atoms. The number of aryl methyl sites for hydroxylation is 2. The summed E-state index contributed by atoms with van der Waals surface area (Å²) in [7, 11) is -3.67. The Morgan fingerprint density at radius 3 is 2.25 bits per heavy atom. The predicted molar refractivity (Wildman–Crippen MR) is 169 cm³/mol. The summed E-state index contributed by atoms with van der Waals surface area (Å²) in [5, 5.41) is 3.10. The fourth-order valence-electron chi connectivity index (χ4n) is 5.66. The van der Waals surface area contributed by atoms with E-state index in [1.54, 1.807) is 6.07 Å². The second kappa shape index (κ2) is 13.6. The summed E-state index contributed by atoms with van der Waals surface area (Å²) in [6.45, 7) is 14.7. The Bertz CT molecular complexity index is 1730. The van der Waals surface area contributed by atoms with Crippen LogP contribution in [-0.2, 0) is 16.5 Å². The molecule has 0 saturated carbocycles. The molecular formula is C31H41F2N7O3S. The van der Waals surface area contributed by atoms with Crippen molar-refractivity contribution in [2.24, 2.45) is 5.92 Å². The lowest BCUT2D eigenvalue weighted by molar-refractivity contribution is 0.149. The van der Waals surface area contributed by atoms with Crippen LogP contribution in [0.1, 0.15) is 63.7 Å². The summed E-state index contributed by atoms with van der Waals surface area (Å²) in [6.07, 6.45) is 5.24. The number of imidazole rings is 1. The van der Waals surface area contributed by atoms with Crippen LogP contribution in [0.3, 0.4) is 0 Å². The normalized spacial score (nSPS) is 14.7. The first-order valence-electron chi connectivity index (χ1n) is 14.7. The quantitative estimate of drug-likeness (QED) is 0.227. The van der Waals surface area contributed by atoms with Gasteiger partial charge in [0.05, 0.1) is 18.0 Å². The highest BCUT2D eigenvalue weighted by atomic mass is 32.2. The maximum Gasteiger partial charge on any atom is 0.261 e. The van der Waals surface area contributed by atoms with Crippen LogP contribution < -0.4 is 5.32 Å². The van der Waals surface area contributed by atoms with Gasteiger partial charge < -0.3 is 14.8 Å². The lowest BCUT2D eigenvalue weighted by Gasteiger charge is -2.34. The van der Waals surface area contributed by atoms with Crippen LogP contribution in [-0.4, -0.2) is 67.8 Å². The SMILES string of the molecule is CS(=O)(=O)O.Cc1nc(Nc2ncc(F)c(-c3cc(F)c4nc(C)n(C(C)C)c4c3)n2)ccc1CC1CCN(C(C)C)CC1. The highest BCUT2D eigenvalue weighted by Gasteiger charge is 2.22. The molecule has 5 rings (SSSR count). The van der Waals surface area contributed by atoms with Crippen molar-refractivity contribution in [3.8, 4) is 11.3 Å². The summed E-state index contributed by atoms with van der Waals surface area (Å²) >= 11 is 0. The van der Waals surface area contributed by atoms with Crippen molar-refractivity contribution in [1.82, 2.24) is 29.4 Å². The Balaban J connectivity index is 0.000000818. The van der Waals surface area contributed by atoms with Crippen molar-refractivity contribution < 1.29 is 21.8 Å². The van der Waals surface area contributed by atoms with Crippen LogP contribution >= 0.6 is 0 Å². The van der Waals surface area contributed by atoms with Crippen molar-refractivity contribution in [3.05, 3.63) is 59.2 Å². The number of benzene rings is 1. The summed E-state index contributed by atoms with van der Waals surface area (Å²) in [6, 6.07) is 7.69. The molecule has 1 fully saturated rings. The summed E-state index contributed by atoms with van der Waals surface area (Å²) < 4.78 is 57.7. The third-order valence-electron chi connectivity index (χ3n) is 7.78. The maximum atomic E-state index is 15.0. The molecule has 0 atom stereocenters. The van der Waals surface area contributed by atoms with E-state index in [1.165, 1.54) is 24.5 Å². The second-order valence-electron chi connectivity index (χ2n) is 11.9. The highest BCUT2D eigenvalue weighted by molar-refractivity contribution is 7.85. The molecule has 44 heavy (non-hydrogen) atoms. The number of rotatable bonds is 7. The van der Waals surface area contributed by atoms with Gasteiger partial charge in [-0.15, -0.1) is 0 Å². The molecule has 4 heterocycles. The van der Waals surface area contributed by atoms with Crippen molar-refractivity contribution >= 4 is 32.9 Å². The van der Waals surface area contributed by atoms with E-state index >= 15 is 4.39 Å². The van der Waals surface area contributed by atoms with Crippen LogP contribution in [0.25, 0.3) is 22.3 Å². The van der Waals surface area contributed by atoms with Crippen molar-refractivity contribution in [2.75, 3.05) is 24.7 Å². The molecule has 13 heteroatoms. The van der Waals surface area contributed by atoms with Gasteiger partial charge in [-0.2, -0.15) is 8.42 Å². The third-order valence-corrected chi connectivity index (χ3v) is 7.78. The van der Waals surface area contributed by atoms with E-state index in [-0.39, 0.29) is 23.2 Å². The van der Waals surface area contributed by atoms with Crippen molar-refractivity contribution in [3.63, 3.8) is 0 Å². The molecule has 2 N–H and O–H groups in total. The molecule has 0 aliphatic carbocycles. The Morgan fingerprint density at radius 1 is 1.00 bits per heavy atom. The van der Waals surface area contributed by atoms with Gasteiger partial charge in [-0.1, -0.05) is 6.07 Å². The smallest absolute Gasteiger partial charge is 0.261 e. The van der Waals surface area contributed by atoms with Gasteiger partial charge in [-0.05, 0) is 104 Å². The fraction of sp³-hybridized carbons (Fsp3) is 0.484. The molecule has 1 aliphatic heterocycles. The molecular weight excluding hydrogens is 588 g/mol. The maximum absolute atomic E-state index is 15.0. The predicted octanol–water partition coefficient (Wildman–Crippen LogP) is 6.27. The number of nitrogens with one attached hydrogen (secondary N) is 1. The fourth-order valence-corrected chi connectivity index (χ4v) is 5.66. The van der Waals surface area contributed by atoms with Gasteiger partial charge in [0.2, 0.25) is 5.95 Å². The zero-order valence-electron chi connectivity index (χ0n) is 26.3. The molecule has 0 radical (unpaired) electrons. The molecule has 238 valence electrons. The monoisotopic (exact) mass is 629 g/mol. The second-order valence-corrected chi connectivity index (χ2v) is 13.4. The first-order valence-corrected chi connectivity index (χ1v) is 16.6. The first kappa shape index (κ1) is 33.3. The third kappa shape index (κ3) is 8.33. The number of pyridine rings is 1. The van der Waals surface area contributed by atoms with Gasteiger partial charge in [0.25, 0.3) is 10.1 Å². The number of hydrogen-bond acceptors (Lipinski definition) is 8. The van der Waals surface area contributed by atoms with Crippen LogP contribution in [0, 0.1) is 31.4 Å².